The molecule has 0 radical (unpaired) electrons. The van der Waals surface area contributed by atoms with Crippen molar-refractivity contribution >= 4 is 15.9 Å². The molecular weight excluding hydrogens is 330 g/mol. The first kappa shape index (κ1) is 15.3. The normalized spacial score (nSPS) is 25.8. The minimum atomic E-state index is 0.282. The topological polar surface area (TPSA) is 30.5 Å². The van der Waals surface area contributed by atoms with Crippen LogP contribution in [0.1, 0.15) is 44.1 Å². The summed E-state index contributed by atoms with van der Waals surface area (Å²) in [5.41, 5.74) is 1.25. The number of halogens is 1. The smallest absolute Gasteiger partial charge is 0.124 e. The van der Waals surface area contributed by atoms with E-state index in [9.17, 15) is 0 Å². The Morgan fingerprint density at radius 2 is 2.00 bits per heavy atom. The highest BCUT2D eigenvalue weighted by atomic mass is 79.9. The zero-order chi connectivity index (χ0) is 14.7. The first-order chi connectivity index (χ1) is 10.2. The van der Waals surface area contributed by atoms with Crippen LogP contribution in [0.2, 0.25) is 0 Å². The molecule has 1 N–H and O–H groups in total. The predicted molar refractivity (Wildman–Crippen MR) is 87.7 cm³/mol. The Balaban J connectivity index is 1.65. The van der Waals surface area contributed by atoms with Crippen LogP contribution in [0.25, 0.3) is 0 Å². The van der Waals surface area contributed by atoms with Crippen LogP contribution in [0.4, 0.5) is 0 Å². The molecule has 3 nitrogen and oxygen atoms in total. The molecule has 0 saturated heterocycles. The van der Waals surface area contributed by atoms with E-state index in [1.165, 1.54) is 24.8 Å². The summed E-state index contributed by atoms with van der Waals surface area (Å²) in [5.74, 6) is 1.02. The predicted octanol–water partition coefficient (Wildman–Crippen LogP) is 4.04. The van der Waals surface area contributed by atoms with Gasteiger partial charge in [0, 0.05) is 36.2 Å². The fourth-order valence-electron chi connectivity index (χ4n) is 2.95. The van der Waals surface area contributed by atoms with E-state index in [0.717, 1.165) is 36.0 Å². The van der Waals surface area contributed by atoms with Crippen LogP contribution >= 0.6 is 15.9 Å². The maximum Gasteiger partial charge on any atom is 0.124 e. The van der Waals surface area contributed by atoms with E-state index in [1.54, 1.807) is 7.11 Å². The molecule has 2 atom stereocenters. The second kappa shape index (κ2) is 7.12. The first-order valence-corrected chi connectivity index (χ1v) is 8.75. The Bertz CT molecular complexity index is 476. The molecule has 2 saturated carbocycles. The van der Waals surface area contributed by atoms with Crippen LogP contribution in [0.15, 0.2) is 22.7 Å². The molecule has 0 heterocycles. The highest BCUT2D eigenvalue weighted by Gasteiger charge is 2.24. The van der Waals surface area contributed by atoms with Crippen LogP contribution in [0, 0.1) is 0 Å². The molecule has 0 aromatic heterocycles. The Labute approximate surface area is 135 Å². The third-order valence-corrected chi connectivity index (χ3v) is 4.88. The average molecular weight is 354 g/mol. The minimum Gasteiger partial charge on any atom is -0.490 e. The van der Waals surface area contributed by atoms with E-state index in [-0.39, 0.29) is 6.10 Å². The lowest BCUT2D eigenvalue weighted by Crippen LogP contribution is -2.30. The standard InChI is InChI=1S/C17H24BrNO2/c1-20-15-3-2-4-16(10-15)21-17-8-5-13(18)9-12(17)11-19-14-6-7-14/h5,8-9,14-16,19H,2-4,6-7,10-11H2,1H3. The summed E-state index contributed by atoms with van der Waals surface area (Å²) in [5, 5.41) is 3.57. The lowest BCUT2D eigenvalue weighted by molar-refractivity contribution is 0.0206. The second-order valence-electron chi connectivity index (χ2n) is 6.17. The van der Waals surface area contributed by atoms with Crippen LogP contribution in [0.3, 0.4) is 0 Å². The van der Waals surface area contributed by atoms with Gasteiger partial charge in [-0.1, -0.05) is 15.9 Å². The summed E-state index contributed by atoms with van der Waals surface area (Å²) >= 11 is 3.56. The number of benzene rings is 1. The maximum absolute atomic E-state index is 6.29. The molecule has 21 heavy (non-hydrogen) atoms. The van der Waals surface area contributed by atoms with Gasteiger partial charge in [0.25, 0.3) is 0 Å². The van der Waals surface area contributed by atoms with Gasteiger partial charge < -0.3 is 14.8 Å². The van der Waals surface area contributed by atoms with Crippen molar-refractivity contribution in [2.75, 3.05) is 7.11 Å². The third-order valence-electron chi connectivity index (χ3n) is 4.39. The molecule has 4 heteroatoms. The van der Waals surface area contributed by atoms with Crippen molar-refractivity contribution in [3.8, 4) is 5.75 Å². The van der Waals surface area contributed by atoms with Gasteiger partial charge in [0.2, 0.25) is 0 Å². The van der Waals surface area contributed by atoms with Crippen LogP contribution in [-0.2, 0) is 11.3 Å². The largest absolute Gasteiger partial charge is 0.490 e. The van der Waals surface area contributed by atoms with Crippen molar-refractivity contribution in [2.45, 2.75) is 63.3 Å². The van der Waals surface area contributed by atoms with Gasteiger partial charge in [-0.2, -0.15) is 0 Å². The SMILES string of the molecule is COC1CCCC(Oc2ccc(Br)cc2CNC2CC2)C1. The highest BCUT2D eigenvalue weighted by molar-refractivity contribution is 9.10. The number of methoxy groups -OCH3 is 1. The van der Waals surface area contributed by atoms with E-state index in [1.807, 2.05) is 0 Å². The second-order valence-corrected chi connectivity index (χ2v) is 7.09. The van der Waals surface area contributed by atoms with Crippen molar-refractivity contribution in [3.63, 3.8) is 0 Å². The molecule has 2 aliphatic carbocycles. The summed E-state index contributed by atoms with van der Waals surface area (Å²) < 4.78 is 12.9. The molecule has 0 amide bonds. The Morgan fingerprint density at radius 1 is 1.19 bits per heavy atom. The van der Waals surface area contributed by atoms with Crippen molar-refractivity contribution < 1.29 is 9.47 Å². The van der Waals surface area contributed by atoms with Gasteiger partial charge in [-0.3, -0.25) is 0 Å². The number of ether oxygens (including phenoxy) is 2. The van der Waals surface area contributed by atoms with Gasteiger partial charge in [-0.05, 0) is 50.3 Å². The molecular formula is C17H24BrNO2. The van der Waals surface area contributed by atoms with E-state index in [4.69, 9.17) is 9.47 Å². The van der Waals surface area contributed by atoms with Crippen molar-refractivity contribution in [3.05, 3.63) is 28.2 Å². The number of hydrogen-bond donors (Lipinski definition) is 1. The lowest BCUT2D eigenvalue weighted by atomic mass is 9.95. The van der Waals surface area contributed by atoms with Gasteiger partial charge in [0.1, 0.15) is 11.9 Å². The Morgan fingerprint density at radius 3 is 2.76 bits per heavy atom. The van der Waals surface area contributed by atoms with E-state index in [2.05, 4.69) is 39.4 Å². The van der Waals surface area contributed by atoms with Crippen molar-refractivity contribution in [1.29, 1.82) is 0 Å². The van der Waals surface area contributed by atoms with E-state index >= 15 is 0 Å². The van der Waals surface area contributed by atoms with Gasteiger partial charge in [-0.25, -0.2) is 0 Å². The highest BCUT2D eigenvalue weighted by Crippen LogP contribution is 2.30. The lowest BCUT2D eigenvalue weighted by Gasteiger charge is -2.29. The van der Waals surface area contributed by atoms with E-state index in [0.29, 0.717) is 12.1 Å². The van der Waals surface area contributed by atoms with Gasteiger partial charge in [0.15, 0.2) is 0 Å². The molecule has 2 fully saturated rings. The number of rotatable bonds is 6. The molecule has 2 aliphatic rings. The molecule has 0 bridgehead atoms. The maximum atomic E-state index is 6.29. The number of nitrogens with one attached hydrogen (secondary N) is 1. The summed E-state index contributed by atoms with van der Waals surface area (Å²) in [4.78, 5) is 0. The number of hydrogen-bond acceptors (Lipinski definition) is 3. The fraction of sp³-hybridized carbons (Fsp3) is 0.647. The molecule has 116 valence electrons. The monoisotopic (exact) mass is 353 g/mol. The van der Waals surface area contributed by atoms with Crippen LogP contribution < -0.4 is 10.1 Å². The van der Waals surface area contributed by atoms with E-state index < -0.39 is 0 Å². The molecule has 0 aliphatic heterocycles. The minimum absolute atomic E-state index is 0.282. The molecule has 1 aromatic rings. The van der Waals surface area contributed by atoms with Crippen LogP contribution in [0.5, 0.6) is 5.75 Å². The molecule has 1 aromatic carbocycles. The molecule has 3 rings (SSSR count). The zero-order valence-corrected chi connectivity index (χ0v) is 14.2. The zero-order valence-electron chi connectivity index (χ0n) is 12.6. The summed E-state index contributed by atoms with van der Waals surface area (Å²) in [6.45, 7) is 0.889. The Kier molecular flexibility index (Phi) is 5.19. The van der Waals surface area contributed by atoms with Gasteiger partial charge in [0.05, 0.1) is 6.10 Å². The summed E-state index contributed by atoms with van der Waals surface area (Å²) in [7, 11) is 1.80. The van der Waals surface area contributed by atoms with Gasteiger partial charge >= 0.3 is 0 Å². The molecule has 0 spiro atoms. The van der Waals surface area contributed by atoms with Crippen LogP contribution in [-0.4, -0.2) is 25.4 Å². The van der Waals surface area contributed by atoms with Crippen molar-refractivity contribution in [1.82, 2.24) is 5.32 Å². The Hall–Kier alpha value is -0.580. The third kappa shape index (κ3) is 4.44. The summed E-state index contributed by atoms with van der Waals surface area (Å²) in [6.07, 6.45) is 7.73. The fourth-order valence-corrected chi connectivity index (χ4v) is 3.35. The summed E-state index contributed by atoms with van der Waals surface area (Å²) in [6, 6.07) is 7.03. The van der Waals surface area contributed by atoms with Gasteiger partial charge in [-0.15, -0.1) is 0 Å². The molecule has 2 unspecified atom stereocenters. The van der Waals surface area contributed by atoms with Crippen molar-refractivity contribution in [2.24, 2.45) is 0 Å². The first-order valence-electron chi connectivity index (χ1n) is 7.96. The quantitative estimate of drug-likeness (QED) is 0.837. The average Bonchev–Trinajstić information content (AvgIpc) is 3.32.